The molecule has 2 aromatic rings. The van der Waals surface area contributed by atoms with Crippen LogP contribution in [0.2, 0.25) is 0 Å². The Labute approximate surface area is 147 Å². The third-order valence-corrected chi connectivity index (χ3v) is 3.66. The van der Waals surface area contributed by atoms with Crippen molar-refractivity contribution in [3.05, 3.63) is 54.1 Å². The number of hydrogen-bond donors (Lipinski definition) is 3. The average Bonchev–Trinajstić information content (AvgIpc) is 3.05. The van der Waals surface area contributed by atoms with E-state index in [1.165, 1.54) is 5.56 Å². The second-order valence-corrected chi connectivity index (χ2v) is 5.90. The fraction of sp³-hybridized carbons (Fsp3) is 0.389. The summed E-state index contributed by atoms with van der Waals surface area (Å²) in [4.78, 5) is 27.7. The van der Waals surface area contributed by atoms with Crippen LogP contribution < -0.4 is 16.4 Å². The molecule has 1 aromatic heterocycles. The highest BCUT2D eigenvalue weighted by molar-refractivity contribution is 5.87. The summed E-state index contributed by atoms with van der Waals surface area (Å²) in [7, 11) is 0. The number of nitrogens with one attached hydrogen (secondary N) is 2. The van der Waals surface area contributed by atoms with Crippen LogP contribution in [0.15, 0.2) is 42.9 Å². The van der Waals surface area contributed by atoms with E-state index in [1.54, 1.807) is 6.33 Å². The zero-order valence-electron chi connectivity index (χ0n) is 14.4. The number of rotatable bonds is 9. The van der Waals surface area contributed by atoms with E-state index in [2.05, 4.69) is 15.6 Å². The Bertz CT molecular complexity index is 684. The average molecular weight is 343 g/mol. The van der Waals surface area contributed by atoms with Crippen LogP contribution in [-0.2, 0) is 22.6 Å². The molecule has 7 nitrogen and oxygen atoms in total. The number of carbonyl (C=O) groups excluding carboxylic acids is 2. The molecule has 0 saturated heterocycles. The van der Waals surface area contributed by atoms with Gasteiger partial charge in [-0.1, -0.05) is 37.3 Å². The van der Waals surface area contributed by atoms with Crippen molar-refractivity contribution in [1.82, 2.24) is 20.2 Å². The minimum absolute atomic E-state index is 0.0605. The smallest absolute Gasteiger partial charge is 0.239 e. The Morgan fingerprint density at radius 3 is 2.72 bits per heavy atom. The summed E-state index contributed by atoms with van der Waals surface area (Å²) in [6.45, 7) is 3.22. The summed E-state index contributed by atoms with van der Waals surface area (Å²) in [5.74, 6) is -0.571. The monoisotopic (exact) mass is 343 g/mol. The number of carbonyl (C=O) groups is 2. The van der Waals surface area contributed by atoms with E-state index in [4.69, 9.17) is 5.73 Å². The SMILES string of the molecule is CCCNC(=O)CNC(=O)[C@@H](N)Cc1cn(Cc2ccccc2)cn1. The van der Waals surface area contributed by atoms with E-state index >= 15 is 0 Å². The van der Waals surface area contributed by atoms with E-state index in [1.807, 2.05) is 48.0 Å². The Balaban J connectivity index is 1.79. The first-order chi connectivity index (χ1) is 12.1. The molecule has 1 atom stereocenters. The van der Waals surface area contributed by atoms with Crippen molar-refractivity contribution in [3.63, 3.8) is 0 Å². The largest absolute Gasteiger partial charge is 0.355 e. The molecular weight excluding hydrogens is 318 g/mol. The summed E-state index contributed by atoms with van der Waals surface area (Å²) in [5.41, 5.74) is 7.82. The van der Waals surface area contributed by atoms with Crippen molar-refractivity contribution in [2.24, 2.45) is 5.73 Å². The fourth-order valence-electron chi connectivity index (χ4n) is 2.34. The molecule has 2 amide bonds. The van der Waals surface area contributed by atoms with Crippen molar-refractivity contribution in [1.29, 1.82) is 0 Å². The van der Waals surface area contributed by atoms with Gasteiger partial charge in [0.15, 0.2) is 0 Å². The van der Waals surface area contributed by atoms with Gasteiger partial charge < -0.3 is 20.9 Å². The van der Waals surface area contributed by atoms with Crippen LogP contribution in [0.5, 0.6) is 0 Å². The standard InChI is InChI=1S/C18H25N5O2/c1-2-8-20-17(24)10-21-18(25)16(19)9-15-12-23(13-22-15)11-14-6-4-3-5-7-14/h3-7,12-13,16H,2,8-11,19H2,1H3,(H,20,24)(H,21,25)/t16-/m0/s1. The molecule has 0 aliphatic carbocycles. The van der Waals surface area contributed by atoms with Gasteiger partial charge in [0, 0.05) is 25.7 Å². The third-order valence-electron chi connectivity index (χ3n) is 3.66. The van der Waals surface area contributed by atoms with E-state index in [0.717, 1.165) is 12.1 Å². The zero-order valence-corrected chi connectivity index (χ0v) is 14.4. The van der Waals surface area contributed by atoms with Gasteiger partial charge in [-0.25, -0.2) is 4.98 Å². The van der Waals surface area contributed by atoms with Crippen LogP contribution >= 0.6 is 0 Å². The number of aromatic nitrogens is 2. The fourth-order valence-corrected chi connectivity index (χ4v) is 2.34. The summed E-state index contributed by atoms with van der Waals surface area (Å²) < 4.78 is 1.95. The lowest BCUT2D eigenvalue weighted by Gasteiger charge is -2.11. The maximum absolute atomic E-state index is 12.0. The van der Waals surface area contributed by atoms with Gasteiger partial charge in [-0.2, -0.15) is 0 Å². The van der Waals surface area contributed by atoms with Crippen LogP contribution in [0.4, 0.5) is 0 Å². The molecule has 0 aliphatic heterocycles. The van der Waals surface area contributed by atoms with Crippen molar-refractivity contribution < 1.29 is 9.59 Å². The van der Waals surface area contributed by atoms with E-state index in [-0.39, 0.29) is 18.4 Å². The van der Waals surface area contributed by atoms with Gasteiger partial charge in [-0.15, -0.1) is 0 Å². The highest BCUT2D eigenvalue weighted by atomic mass is 16.2. The molecular formula is C18H25N5O2. The molecule has 1 aromatic carbocycles. The highest BCUT2D eigenvalue weighted by Gasteiger charge is 2.16. The minimum Gasteiger partial charge on any atom is -0.355 e. The van der Waals surface area contributed by atoms with Crippen LogP contribution in [0.1, 0.15) is 24.6 Å². The van der Waals surface area contributed by atoms with Gasteiger partial charge in [-0.05, 0) is 12.0 Å². The molecule has 0 spiro atoms. The van der Waals surface area contributed by atoms with Crippen molar-refractivity contribution >= 4 is 11.8 Å². The van der Waals surface area contributed by atoms with Crippen LogP contribution in [0, 0.1) is 0 Å². The first kappa shape index (κ1) is 18.7. The Kier molecular flexibility index (Phi) is 7.16. The molecule has 4 N–H and O–H groups in total. The molecule has 0 unspecified atom stereocenters. The number of nitrogens with two attached hydrogens (primary N) is 1. The first-order valence-corrected chi connectivity index (χ1v) is 8.43. The van der Waals surface area contributed by atoms with E-state index in [9.17, 15) is 9.59 Å². The van der Waals surface area contributed by atoms with Gasteiger partial charge in [-0.3, -0.25) is 9.59 Å². The second kappa shape index (κ2) is 9.58. The van der Waals surface area contributed by atoms with Gasteiger partial charge in [0.1, 0.15) is 0 Å². The van der Waals surface area contributed by atoms with Gasteiger partial charge in [0.2, 0.25) is 11.8 Å². The Morgan fingerprint density at radius 2 is 2.00 bits per heavy atom. The lowest BCUT2D eigenvalue weighted by Crippen LogP contribution is -2.46. The second-order valence-electron chi connectivity index (χ2n) is 5.90. The summed E-state index contributed by atoms with van der Waals surface area (Å²) >= 11 is 0. The third kappa shape index (κ3) is 6.39. The zero-order chi connectivity index (χ0) is 18.1. The van der Waals surface area contributed by atoms with E-state index < -0.39 is 6.04 Å². The molecule has 0 aliphatic rings. The summed E-state index contributed by atoms with van der Waals surface area (Å²) in [6.07, 6.45) is 4.79. The molecule has 0 fully saturated rings. The Hall–Kier alpha value is -2.67. The van der Waals surface area contributed by atoms with Crippen molar-refractivity contribution in [2.75, 3.05) is 13.1 Å². The molecule has 2 rings (SSSR count). The summed E-state index contributed by atoms with van der Waals surface area (Å²) in [6, 6.07) is 9.31. The maximum Gasteiger partial charge on any atom is 0.239 e. The normalized spacial score (nSPS) is 11.8. The number of nitrogens with zero attached hydrogens (tertiary/aromatic N) is 2. The van der Waals surface area contributed by atoms with Crippen LogP contribution in [0.3, 0.4) is 0 Å². The lowest BCUT2D eigenvalue weighted by atomic mass is 10.1. The topological polar surface area (TPSA) is 102 Å². The number of amides is 2. The minimum atomic E-state index is -0.737. The summed E-state index contributed by atoms with van der Waals surface area (Å²) in [5, 5.41) is 5.24. The lowest BCUT2D eigenvalue weighted by molar-refractivity contribution is -0.126. The van der Waals surface area contributed by atoms with Crippen LogP contribution in [0.25, 0.3) is 0 Å². The molecule has 0 saturated carbocycles. The predicted molar refractivity (Wildman–Crippen MR) is 95.8 cm³/mol. The molecule has 134 valence electrons. The molecule has 0 bridgehead atoms. The molecule has 25 heavy (non-hydrogen) atoms. The van der Waals surface area contributed by atoms with Crippen molar-refractivity contribution in [3.8, 4) is 0 Å². The maximum atomic E-state index is 12.0. The number of imidazole rings is 1. The van der Waals surface area contributed by atoms with Gasteiger partial charge in [0.25, 0.3) is 0 Å². The predicted octanol–water partition coefficient (Wildman–Crippen LogP) is 0.444. The Morgan fingerprint density at radius 1 is 1.24 bits per heavy atom. The number of benzene rings is 1. The highest BCUT2D eigenvalue weighted by Crippen LogP contribution is 2.05. The number of hydrogen-bond acceptors (Lipinski definition) is 4. The van der Waals surface area contributed by atoms with Gasteiger partial charge >= 0.3 is 0 Å². The van der Waals surface area contributed by atoms with Crippen LogP contribution in [-0.4, -0.2) is 40.5 Å². The van der Waals surface area contributed by atoms with Crippen molar-refractivity contribution in [2.45, 2.75) is 32.4 Å². The van der Waals surface area contributed by atoms with Gasteiger partial charge in [0.05, 0.1) is 24.6 Å². The quantitative estimate of drug-likeness (QED) is 0.615. The van der Waals surface area contributed by atoms with E-state index in [0.29, 0.717) is 19.5 Å². The molecule has 1 heterocycles. The molecule has 0 radical (unpaired) electrons. The first-order valence-electron chi connectivity index (χ1n) is 8.43. The molecule has 7 heteroatoms.